The predicted molar refractivity (Wildman–Crippen MR) is 425 cm³/mol. The quantitative estimate of drug-likeness (QED) is 0.0608. The molecule has 8 bridgehead atoms. The van der Waals surface area contributed by atoms with Gasteiger partial charge in [0.15, 0.2) is 0 Å². The Bertz CT molecular complexity index is 4850. The number of fused-ring (bicyclic) bond motifs is 2. The fourth-order valence-electron chi connectivity index (χ4n) is 21.6. The van der Waals surface area contributed by atoms with E-state index in [2.05, 4.69) is 306 Å². The van der Waals surface area contributed by atoms with E-state index < -0.39 is 0 Å². The summed E-state index contributed by atoms with van der Waals surface area (Å²) >= 11 is 0. The lowest BCUT2D eigenvalue weighted by atomic mass is 9.47. The molecular formula is C98H90N2. The van der Waals surface area contributed by atoms with Gasteiger partial charge in [0.25, 0.3) is 0 Å². The SMILES string of the molecule is Cc1ccc(C(=Cc2ccc(N(c3ccc(C)cc3)c3cc(C45CC6CC(CC(C6)C4)C5)c4c5cccc6c(N(c7ccc(C)cc7)c7ccc(C=C(c8ccc(C)cc8)c8ccc(C)cc8)cc7)cc(C78CC9CC(CC(C9)C7)C8)c(c7cccc3c74)c65)cc2)c2ccc(C)cc2)cc1. The zero-order valence-corrected chi connectivity index (χ0v) is 59.1. The Labute approximate surface area is 592 Å². The Balaban J connectivity index is 0.859. The molecule has 0 saturated heterocycles. The average Bonchev–Trinajstić information content (AvgIpc) is 0.678. The van der Waals surface area contributed by atoms with Gasteiger partial charge in [-0.1, -0.05) is 215 Å². The summed E-state index contributed by atoms with van der Waals surface area (Å²) in [7, 11) is 0. The van der Waals surface area contributed by atoms with Crippen molar-refractivity contribution < 1.29 is 0 Å². The first-order chi connectivity index (χ1) is 48.8. The highest BCUT2D eigenvalue weighted by molar-refractivity contribution is 6.37. The molecule has 0 N–H and O–H groups in total. The topological polar surface area (TPSA) is 6.48 Å². The molecule has 2 heteroatoms. The van der Waals surface area contributed by atoms with Crippen LogP contribution < -0.4 is 9.80 Å². The van der Waals surface area contributed by atoms with Crippen LogP contribution in [0.5, 0.6) is 0 Å². The number of anilines is 6. The van der Waals surface area contributed by atoms with Gasteiger partial charge in [-0.2, -0.15) is 0 Å². The van der Waals surface area contributed by atoms with Crippen molar-refractivity contribution in [3.63, 3.8) is 0 Å². The van der Waals surface area contributed by atoms with Crippen LogP contribution in [-0.2, 0) is 10.8 Å². The molecule has 0 unspecified atom stereocenters. The van der Waals surface area contributed by atoms with Crippen LogP contribution in [-0.4, -0.2) is 0 Å². The summed E-state index contributed by atoms with van der Waals surface area (Å²) in [5.74, 6) is 4.63. The lowest BCUT2D eigenvalue weighted by Gasteiger charge is -2.58. The van der Waals surface area contributed by atoms with E-state index in [0.717, 1.165) is 35.5 Å². The highest BCUT2D eigenvalue weighted by Crippen LogP contribution is 2.66. The number of aryl methyl sites for hydroxylation is 6. The van der Waals surface area contributed by atoms with E-state index in [1.54, 1.807) is 11.1 Å². The van der Waals surface area contributed by atoms with Crippen LogP contribution in [0, 0.1) is 77.0 Å². The van der Waals surface area contributed by atoms with Crippen LogP contribution in [0.25, 0.3) is 66.4 Å². The Morgan fingerprint density at radius 1 is 0.280 bits per heavy atom. The molecule has 13 aromatic carbocycles. The van der Waals surface area contributed by atoms with Crippen molar-refractivity contribution in [2.45, 2.75) is 129 Å². The first-order valence-corrected chi connectivity index (χ1v) is 37.7. The lowest BCUT2D eigenvalue weighted by Crippen LogP contribution is -2.48. The zero-order chi connectivity index (χ0) is 67.1. The van der Waals surface area contributed by atoms with E-state index in [1.165, 1.54) is 232 Å². The second-order valence-corrected chi connectivity index (χ2v) is 32.6. The molecule has 8 aliphatic rings. The average molecular weight is 1300 g/mol. The maximum Gasteiger partial charge on any atom is 0.0543 e. The Kier molecular flexibility index (Phi) is 14.7. The second kappa shape index (κ2) is 24.0. The first-order valence-electron chi connectivity index (χ1n) is 37.7. The minimum absolute atomic E-state index is 0.0685. The molecule has 13 aromatic rings. The van der Waals surface area contributed by atoms with E-state index in [4.69, 9.17) is 0 Å². The summed E-state index contributed by atoms with van der Waals surface area (Å²) in [4.78, 5) is 5.32. The Morgan fingerprint density at radius 3 is 0.790 bits per heavy atom. The van der Waals surface area contributed by atoms with E-state index in [1.807, 2.05) is 0 Å². The van der Waals surface area contributed by atoms with Crippen LogP contribution in [0.3, 0.4) is 0 Å². The standard InChI is InChI=1S/C98H90N2/c1-61-13-29-75(30-14-61)87(76-31-15-62(2)16-32-76)51-67-25-41-81(42-26-67)99(79-37-21-65(5)22-38-79)91-53-89(97-55-69-45-70(56-97)47-71(46-69)57-97)95-86-12-8-10-84-92(54-90(96(94(84)86)85-11-7-9-83(91)93(85)95)98-58-72-48-73(59-98)50-74(49-72)60-98)100(80-39-23-66(6)24-40-80)82-43-27-68(28-44-82)52-88(77-33-17-63(3)18-34-77)78-35-19-64(4)20-36-78/h7-44,51-54,69-74H,45-50,55-60H2,1-6H3. The van der Waals surface area contributed by atoms with E-state index in [9.17, 15) is 0 Å². The highest BCUT2D eigenvalue weighted by Gasteiger charge is 2.54. The van der Waals surface area contributed by atoms with Crippen molar-refractivity contribution in [3.05, 3.63) is 321 Å². The first kappa shape index (κ1) is 61.3. The Morgan fingerprint density at radius 2 is 0.520 bits per heavy atom. The van der Waals surface area contributed by atoms with Crippen LogP contribution in [0.2, 0.25) is 0 Å². The summed E-state index contributed by atoms with van der Waals surface area (Å²) in [6.07, 6.45) is 20.9. The van der Waals surface area contributed by atoms with Crippen LogP contribution >= 0.6 is 0 Å². The summed E-state index contributed by atoms with van der Waals surface area (Å²) < 4.78 is 0. The second-order valence-electron chi connectivity index (χ2n) is 32.6. The largest absolute Gasteiger partial charge is 0.310 e. The monoisotopic (exact) mass is 1290 g/mol. The van der Waals surface area contributed by atoms with Gasteiger partial charge in [0.05, 0.1) is 11.4 Å². The molecule has 0 radical (unpaired) electrons. The van der Waals surface area contributed by atoms with Crippen molar-refractivity contribution >= 4 is 101 Å². The maximum atomic E-state index is 2.79. The summed E-state index contributed by atoms with van der Waals surface area (Å²) in [5, 5.41) is 11.6. The van der Waals surface area contributed by atoms with Crippen LogP contribution in [0.4, 0.5) is 34.1 Å². The van der Waals surface area contributed by atoms with Gasteiger partial charge >= 0.3 is 0 Å². The number of hydrogen-bond acceptors (Lipinski definition) is 2. The molecule has 100 heavy (non-hydrogen) atoms. The molecule has 492 valence electrons. The van der Waals surface area contributed by atoms with Gasteiger partial charge in [-0.05, 0) is 326 Å². The van der Waals surface area contributed by atoms with Crippen molar-refractivity contribution in [3.8, 4) is 0 Å². The smallest absolute Gasteiger partial charge is 0.0543 e. The third-order valence-electron chi connectivity index (χ3n) is 25.5. The zero-order valence-electron chi connectivity index (χ0n) is 59.1. The predicted octanol–water partition coefficient (Wildman–Crippen LogP) is 26.6. The molecule has 2 nitrogen and oxygen atoms in total. The molecule has 0 aliphatic heterocycles. The van der Waals surface area contributed by atoms with Crippen molar-refractivity contribution in [1.82, 2.24) is 0 Å². The fourth-order valence-corrected chi connectivity index (χ4v) is 21.6. The van der Waals surface area contributed by atoms with Crippen molar-refractivity contribution in [1.29, 1.82) is 0 Å². The highest BCUT2D eigenvalue weighted by atomic mass is 15.2. The number of benzene rings is 13. The number of hydrogen-bond donors (Lipinski definition) is 0. The number of nitrogens with zero attached hydrogens (tertiary/aromatic N) is 2. The van der Waals surface area contributed by atoms with Gasteiger partial charge < -0.3 is 9.80 Å². The fraction of sp³-hybridized carbons (Fsp3) is 0.265. The molecule has 0 atom stereocenters. The molecule has 0 aromatic heterocycles. The van der Waals surface area contributed by atoms with E-state index in [-0.39, 0.29) is 10.8 Å². The van der Waals surface area contributed by atoms with Gasteiger partial charge in [0.2, 0.25) is 0 Å². The third kappa shape index (κ3) is 10.6. The van der Waals surface area contributed by atoms with Crippen molar-refractivity contribution in [2.24, 2.45) is 35.5 Å². The molecule has 21 rings (SSSR count). The van der Waals surface area contributed by atoms with Gasteiger partial charge in [-0.15, -0.1) is 0 Å². The molecule has 0 amide bonds. The van der Waals surface area contributed by atoms with Crippen LogP contribution in [0.15, 0.2) is 243 Å². The van der Waals surface area contributed by atoms with Gasteiger partial charge in [0.1, 0.15) is 0 Å². The minimum atomic E-state index is 0.0685. The van der Waals surface area contributed by atoms with Gasteiger partial charge in [-0.25, -0.2) is 0 Å². The molecule has 8 saturated carbocycles. The van der Waals surface area contributed by atoms with E-state index >= 15 is 0 Å². The Hall–Kier alpha value is -9.76. The summed E-state index contributed by atoms with van der Waals surface area (Å²) in [6, 6.07) is 94.9. The van der Waals surface area contributed by atoms with Crippen molar-refractivity contribution in [2.75, 3.05) is 9.80 Å². The summed E-state index contributed by atoms with van der Waals surface area (Å²) in [5.41, 5.74) is 28.1. The third-order valence-corrected chi connectivity index (χ3v) is 25.5. The maximum absolute atomic E-state index is 2.79. The minimum Gasteiger partial charge on any atom is -0.310 e. The normalized spacial score (nSPS) is 22.5. The lowest BCUT2D eigenvalue weighted by molar-refractivity contribution is -0.00461. The molecule has 8 aliphatic carbocycles. The molecule has 8 fully saturated rings. The molecular weight excluding hydrogens is 1210 g/mol. The van der Waals surface area contributed by atoms with Crippen LogP contribution in [0.1, 0.15) is 155 Å². The molecule has 0 spiro atoms. The van der Waals surface area contributed by atoms with E-state index in [0.29, 0.717) is 0 Å². The molecule has 0 heterocycles. The van der Waals surface area contributed by atoms with Gasteiger partial charge in [-0.3, -0.25) is 0 Å². The summed E-state index contributed by atoms with van der Waals surface area (Å²) in [6.45, 7) is 13.2. The van der Waals surface area contributed by atoms with Gasteiger partial charge in [0, 0.05) is 33.5 Å². The number of rotatable bonds is 14.